The molecule has 0 saturated carbocycles. The molecule has 0 bridgehead atoms. The summed E-state index contributed by atoms with van der Waals surface area (Å²) in [7, 11) is -2.96. The van der Waals surface area contributed by atoms with Gasteiger partial charge in [0.1, 0.15) is 0 Å². The molecule has 0 aromatic heterocycles. The van der Waals surface area contributed by atoms with Crippen molar-refractivity contribution in [2.75, 3.05) is 11.5 Å². The quantitative estimate of drug-likeness (QED) is 0.563. The summed E-state index contributed by atoms with van der Waals surface area (Å²) in [6.07, 6.45) is 0. The molecule has 5 nitrogen and oxygen atoms in total. The van der Waals surface area contributed by atoms with Crippen molar-refractivity contribution in [2.45, 2.75) is 13.0 Å². The van der Waals surface area contributed by atoms with Crippen LogP contribution in [0, 0.1) is 5.92 Å². The Balaban J connectivity index is 2.64. The highest BCUT2D eigenvalue weighted by atomic mass is 32.2. The van der Waals surface area contributed by atoms with Crippen LogP contribution in [0.4, 0.5) is 4.79 Å². The van der Waals surface area contributed by atoms with Crippen molar-refractivity contribution >= 4 is 15.9 Å². The number of rotatable bonds is 1. The van der Waals surface area contributed by atoms with Gasteiger partial charge < -0.3 is 11.1 Å². The maximum absolute atomic E-state index is 11.0. The fraction of sp³-hybridized carbons (Fsp3) is 0.833. The van der Waals surface area contributed by atoms with E-state index in [1.54, 1.807) is 6.92 Å². The van der Waals surface area contributed by atoms with E-state index in [4.69, 9.17) is 5.73 Å². The van der Waals surface area contributed by atoms with Gasteiger partial charge in [0, 0.05) is 6.04 Å². The summed E-state index contributed by atoms with van der Waals surface area (Å²) >= 11 is 0. The first-order chi connectivity index (χ1) is 5.41. The number of carbonyl (C=O) groups excluding carboxylic acids is 1. The predicted octanol–water partition coefficient (Wildman–Crippen LogP) is -0.912. The molecule has 70 valence electrons. The summed E-state index contributed by atoms with van der Waals surface area (Å²) in [6.45, 7) is 1.78. The van der Waals surface area contributed by atoms with Crippen LogP contribution in [-0.4, -0.2) is 32.0 Å². The van der Waals surface area contributed by atoms with Gasteiger partial charge in [0.25, 0.3) is 0 Å². The zero-order chi connectivity index (χ0) is 9.35. The summed E-state index contributed by atoms with van der Waals surface area (Å²) in [5.74, 6) is 0.109. The Kier molecular flexibility index (Phi) is 2.27. The van der Waals surface area contributed by atoms with Crippen LogP contribution in [0.25, 0.3) is 0 Å². The zero-order valence-corrected chi connectivity index (χ0v) is 7.60. The van der Waals surface area contributed by atoms with E-state index in [-0.39, 0.29) is 23.5 Å². The van der Waals surface area contributed by atoms with Crippen LogP contribution in [0.15, 0.2) is 0 Å². The first-order valence-electron chi connectivity index (χ1n) is 3.67. The highest BCUT2D eigenvalue weighted by Crippen LogP contribution is 2.17. The number of primary amides is 1. The maximum Gasteiger partial charge on any atom is 0.312 e. The van der Waals surface area contributed by atoms with E-state index in [0.717, 1.165) is 0 Å². The third-order valence-corrected chi connectivity index (χ3v) is 3.87. The number of nitrogens with two attached hydrogens (primary N) is 1. The van der Waals surface area contributed by atoms with Crippen LogP contribution >= 0.6 is 0 Å². The standard InChI is InChI=1S/C6H12N2O3S/c1-4-2-12(10,11)3-5(4)8-6(7)9/h4-5H,2-3H2,1H3,(H3,7,8,9)/t4-,5+/m0/s1. The normalized spacial score (nSPS) is 33.1. The van der Waals surface area contributed by atoms with Crippen molar-refractivity contribution in [3.63, 3.8) is 0 Å². The van der Waals surface area contributed by atoms with E-state index in [1.165, 1.54) is 0 Å². The van der Waals surface area contributed by atoms with E-state index < -0.39 is 15.9 Å². The number of amides is 2. The molecule has 12 heavy (non-hydrogen) atoms. The lowest BCUT2D eigenvalue weighted by Crippen LogP contribution is -2.42. The summed E-state index contributed by atoms with van der Waals surface area (Å²) in [6, 6.07) is -0.976. The number of carbonyl (C=O) groups is 1. The fourth-order valence-electron chi connectivity index (χ4n) is 1.39. The van der Waals surface area contributed by atoms with Gasteiger partial charge in [-0.25, -0.2) is 13.2 Å². The third kappa shape index (κ3) is 2.10. The van der Waals surface area contributed by atoms with E-state index in [1.807, 2.05) is 0 Å². The number of sulfone groups is 1. The molecule has 0 aromatic rings. The van der Waals surface area contributed by atoms with Crippen LogP contribution in [0.2, 0.25) is 0 Å². The Morgan fingerprint density at radius 3 is 2.42 bits per heavy atom. The van der Waals surface area contributed by atoms with Crippen LogP contribution in [0.5, 0.6) is 0 Å². The summed E-state index contributed by atoms with van der Waals surface area (Å²) in [5, 5.41) is 2.41. The van der Waals surface area contributed by atoms with Crippen molar-refractivity contribution in [3.05, 3.63) is 0 Å². The van der Waals surface area contributed by atoms with Crippen LogP contribution in [0.3, 0.4) is 0 Å². The van der Waals surface area contributed by atoms with Gasteiger partial charge in [-0.3, -0.25) is 0 Å². The van der Waals surface area contributed by atoms with Crippen molar-refractivity contribution in [3.8, 4) is 0 Å². The minimum atomic E-state index is -2.96. The highest BCUT2D eigenvalue weighted by Gasteiger charge is 2.35. The second kappa shape index (κ2) is 2.93. The molecule has 0 aromatic carbocycles. The minimum absolute atomic E-state index is 0.0110. The van der Waals surface area contributed by atoms with Gasteiger partial charge in [-0.1, -0.05) is 6.92 Å². The van der Waals surface area contributed by atoms with Crippen molar-refractivity contribution in [1.82, 2.24) is 5.32 Å². The first kappa shape index (κ1) is 9.31. The topological polar surface area (TPSA) is 89.3 Å². The molecule has 1 aliphatic rings. The Hall–Kier alpha value is -0.780. The molecule has 2 amide bonds. The summed E-state index contributed by atoms with van der Waals surface area (Å²) in [5.41, 5.74) is 4.88. The maximum atomic E-state index is 11.0. The SMILES string of the molecule is C[C@H]1CS(=O)(=O)C[C@H]1NC(N)=O. The number of hydrogen-bond acceptors (Lipinski definition) is 3. The summed E-state index contributed by atoms with van der Waals surface area (Å²) in [4.78, 5) is 10.4. The molecule has 0 spiro atoms. The fourth-order valence-corrected chi connectivity index (χ4v) is 3.52. The van der Waals surface area contributed by atoms with Gasteiger partial charge in [-0.15, -0.1) is 0 Å². The van der Waals surface area contributed by atoms with Crippen LogP contribution < -0.4 is 11.1 Å². The highest BCUT2D eigenvalue weighted by molar-refractivity contribution is 7.91. The Labute approximate surface area is 71.2 Å². The Morgan fingerprint density at radius 1 is 1.50 bits per heavy atom. The molecule has 0 unspecified atom stereocenters. The molecule has 1 aliphatic heterocycles. The molecule has 2 atom stereocenters. The third-order valence-electron chi connectivity index (χ3n) is 1.96. The average Bonchev–Trinajstić information content (AvgIpc) is 2.03. The molecular weight excluding hydrogens is 180 g/mol. The lowest BCUT2D eigenvalue weighted by atomic mass is 10.1. The second-order valence-electron chi connectivity index (χ2n) is 3.17. The van der Waals surface area contributed by atoms with E-state index in [2.05, 4.69) is 5.32 Å². The van der Waals surface area contributed by atoms with Gasteiger partial charge in [0.2, 0.25) is 0 Å². The molecule has 6 heteroatoms. The van der Waals surface area contributed by atoms with Crippen LogP contribution in [-0.2, 0) is 9.84 Å². The van der Waals surface area contributed by atoms with Gasteiger partial charge in [-0.05, 0) is 5.92 Å². The van der Waals surface area contributed by atoms with E-state index in [0.29, 0.717) is 0 Å². The monoisotopic (exact) mass is 192 g/mol. The largest absolute Gasteiger partial charge is 0.352 e. The average molecular weight is 192 g/mol. The Morgan fingerprint density at radius 2 is 2.08 bits per heavy atom. The molecule has 1 rings (SSSR count). The lowest BCUT2D eigenvalue weighted by molar-refractivity contribution is 0.244. The van der Waals surface area contributed by atoms with Crippen molar-refractivity contribution in [1.29, 1.82) is 0 Å². The van der Waals surface area contributed by atoms with Crippen molar-refractivity contribution in [2.24, 2.45) is 11.7 Å². The summed E-state index contributed by atoms with van der Waals surface area (Å²) < 4.78 is 22.1. The van der Waals surface area contributed by atoms with Gasteiger partial charge >= 0.3 is 6.03 Å². The molecule has 0 aliphatic carbocycles. The predicted molar refractivity (Wildman–Crippen MR) is 44.3 cm³/mol. The number of urea groups is 1. The number of hydrogen-bond donors (Lipinski definition) is 2. The van der Waals surface area contributed by atoms with Crippen LogP contribution in [0.1, 0.15) is 6.92 Å². The molecule has 3 N–H and O–H groups in total. The molecule has 1 fully saturated rings. The van der Waals surface area contributed by atoms with Crippen molar-refractivity contribution < 1.29 is 13.2 Å². The van der Waals surface area contributed by atoms with Gasteiger partial charge in [0.15, 0.2) is 9.84 Å². The number of nitrogens with one attached hydrogen (secondary N) is 1. The lowest BCUT2D eigenvalue weighted by Gasteiger charge is -2.12. The molecular formula is C6H12N2O3S. The van der Waals surface area contributed by atoms with Gasteiger partial charge in [-0.2, -0.15) is 0 Å². The molecule has 1 saturated heterocycles. The smallest absolute Gasteiger partial charge is 0.312 e. The van der Waals surface area contributed by atoms with Gasteiger partial charge in [0.05, 0.1) is 11.5 Å². The first-order valence-corrected chi connectivity index (χ1v) is 5.49. The van der Waals surface area contributed by atoms with E-state index in [9.17, 15) is 13.2 Å². The minimum Gasteiger partial charge on any atom is -0.352 e. The zero-order valence-electron chi connectivity index (χ0n) is 6.78. The Bertz CT molecular complexity index is 285. The molecule has 0 radical (unpaired) electrons. The van der Waals surface area contributed by atoms with E-state index >= 15 is 0 Å². The second-order valence-corrected chi connectivity index (χ2v) is 5.32. The molecule has 1 heterocycles.